The summed E-state index contributed by atoms with van der Waals surface area (Å²) in [5.74, 6) is 0.431. The molecule has 0 N–H and O–H groups in total. The van der Waals surface area contributed by atoms with E-state index >= 15 is 0 Å². The molecule has 0 spiro atoms. The standard InChI is InChI=1S/C8H8Cl2O3S/c1-13-8-3-2-6(4-7(8)10)14(11,12)5-9/h2-4H,5H2,1H3. The van der Waals surface area contributed by atoms with Crippen LogP contribution >= 0.6 is 23.2 Å². The summed E-state index contributed by atoms with van der Waals surface area (Å²) in [6, 6.07) is 4.21. The molecular formula is C8H8Cl2O3S. The zero-order chi connectivity index (χ0) is 10.8. The third-order valence-electron chi connectivity index (χ3n) is 1.63. The molecule has 0 aliphatic rings. The van der Waals surface area contributed by atoms with Crippen molar-refractivity contribution < 1.29 is 13.2 Å². The first-order valence-electron chi connectivity index (χ1n) is 3.63. The third-order valence-corrected chi connectivity index (χ3v) is 4.04. The van der Waals surface area contributed by atoms with Crippen LogP contribution in [0.5, 0.6) is 5.75 Å². The summed E-state index contributed by atoms with van der Waals surface area (Å²) in [5, 5.41) is -0.214. The predicted octanol–water partition coefficient (Wildman–Crippen LogP) is 2.32. The number of alkyl halides is 1. The van der Waals surface area contributed by atoms with E-state index in [1.807, 2.05) is 0 Å². The van der Waals surface area contributed by atoms with Crippen molar-refractivity contribution in [2.45, 2.75) is 4.90 Å². The molecule has 1 aromatic rings. The van der Waals surface area contributed by atoms with Gasteiger partial charge in [0.05, 0.1) is 17.0 Å². The van der Waals surface area contributed by atoms with E-state index in [1.54, 1.807) is 0 Å². The monoisotopic (exact) mass is 254 g/mol. The second-order valence-electron chi connectivity index (χ2n) is 2.52. The lowest BCUT2D eigenvalue weighted by Crippen LogP contribution is -2.01. The van der Waals surface area contributed by atoms with Crippen molar-refractivity contribution in [1.29, 1.82) is 0 Å². The number of hydrogen-bond donors (Lipinski definition) is 0. The van der Waals surface area contributed by atoms with Crippen molar-refractivity contribution in [2.24, 2.45) is 0 Å². The van der Waals surface area contributed by atoms with Gasteiger partial charge in [0, 0.05) is 0 Å². The minimum Gasteiger partial charge on any atom is -0.495 e. The number of benzene rings is 1. The average Bonchev–Trinajstić information content (AvgIpc) is 2.17. The highest BCUT2D eigenvalue weighted by atomic mass is 35.5. The van der Waals surface area contributed by atoms with Gasteiger partial charge in [0.25, 0.3) is 0 Å². The number of methoxy groups -OCH3 is 1. The smallest absolute Gasteiger partial charge is 0.192 e. The maximum absolute atomic E-state index is 11.3. The van der Waals surface area contributed by atoms with E-state index < -0.39 is 15.0 Å². The maximum atomic E-state index is 11.3. The van der Waals surface area contributed by atoms with E-state index in [0.29, 0.717) is 5.75 Å². The van der Waals surface area contributed by atoms with Crippen LogP contribution in [0.3, 0.4) is 0 Å². The van der Waals surface area contributed by atoms with Gasteiger partial charge in [-0.25, -0.2) is 8.42 Å². The lowest BCUT2D eigenvalue weighted by atomic mass is 10.3. The fourth-order valence-corrected chi connectivity index (χ4v) is 2.30. The van der Waals surface area contributed by atoms with Crippen molar-refractivity contribution in [3.63, 3.8) is 0 Å². The van der Waals surface area contributed by atoms with E-state index in [2.05, 4.69) is 0 Å². The Morgan fingerprint density at radius 1 is 1.43 bits per heavy atom. The van der Waals surface area contributed by atoms with Crippen LogP contribution in [0.1, 0.15) is 0 Å². The Balaban J connectivity index is 3.22. The molecule has 6 heteroatoms. The summed E-state index contributed by atoms with van der Waals surface area (Å²) in [5.41, 5.74) is 0. The second-order valence-corrected chi connectivity index (χ2v) is 5.50. The van der Waals surface area contributed by atoms with Gasteiger partial charge >= 0.3 is 0 Å². The Morgan fingerprint density at radius 3 is 2.50 bits per heavy atom. The molecule has 0 aromatic heterocycles. The first-order valence-corrected chi connectivity index (χ1v) is 6.20. The minimum atomic E-state index is -3.42. The van der Waals surface area contributed by atoms with E-state index in [0.717, 1.165) is 0 Å². The highest BCUT2D eigenvalue weighted by molar-refractivity contribution is 7.92. The van der Waals surface area contributed by atoms with Crippen LogP contribution in [0.25, 0.3) is 0 Å². The van der Waals surface area contributed by atoms with Gasteiger partial charge in [-0.1, -0.05) is 11.6 Å². The molecule has 3 nitrogen and oxygen atoms in total. The minimum absolute atomic E-state index is 0.0956. The van der Waals surface area contributed by atoms with Gasteiger partial charge in [-0.2, -0.15) is 0 Å². The fourth-order valence-electron chi connectivity index (χ4n) is 0.904. The van der Waals surface area contributed by atoms with Gasteiger partial charge in [0.15, 0.2) is 9.84 Å². The second kappa shape index (κ2) is 4.38. The Morgan fingerprint density at radius 2 is 2.07 bits per heavy atom. The number of halogens is 2. The molecule has 0 bridgehead atoms. The van der Waals surface area contributed by atoms with E-state index in [-0.39, 0.29) is 9.92 Å². The molecule has 14 heavy (non-hydrogen) atoms. The molecule has 1 aromatic carbocycles. The summed E-state index contributed by atoms with van der Waals surface area (Å²) < 4.78 is 27.5. The molecule has 0 radical (unpaired) electrons. The van der Waals surface area contributed by atoms with Crippen LogP contribution in [-0.4, -0.2) is 20.7 Å². The zero-order valence-corrected chi connectivity index (χ0v) is 9.66. The molecular weight excluding hydrogens is 247 g/mol. The fraction of sp³-hybridized carbons (Fsp3) is 0.250. The van der Waals surface area contributed by atoms with E-state index in [9.17, 15) is 8.42 Å². The third kappa shape index (κ3) is 2.32. The Hall–Kier alpha value is -0.450. The van der Waals surface area contributed by atoms with Crippen molar-refractivity contribution in [2.75, 3.05) is 12.3 Å². The Bertz CT molecular complexity index is 428. The summed E-state index contributed by atoms with van der Waals surface area (Å²) in [6.45, 7) is 0. The first-order chi connectivity index (χ1) is 6.51. The highest BCUT2D eigenvalue weighted by Crippen LogP contribution is 2.27. The Kier molecular flexibility index (Phi) is 3.64. The maximum Gasteiger partial charge on any atom is 0.192 e. The zero-order valence-electron chi connectivity index (χ0n) is 7.33. The van der Waals surface area contributed by atoms with Gasteiger partial charge in [0.1, 0.15) is 11.0 Å². The molecule has 1 rings (SSSR count). The summed E-state index contributed by atoms with van der Waals surface area (Å²) >= 11 is 11.1. The molecule has 0 aliphatic heterocycles. The number of rotatable bonds is 3. The van der Waals surface area contributed by atoms with Crippen molar-refractivity contribution >= 4 is 33.0 Å². The predicted molar refractivity (Wildman–Crippen MR) is 55.9 cm³/mol. The van der Waals surface area contributed by atoms with Crippen molar-refractivity contribution in [3.8, 4) is 5.75 Å². The number of ether oxygens (including phenoxy) is 1. The molecule has 0 unspecified atom stereocenters. The summed E-state index contributed by atoms with van der Waals surface area (Å²) in [6.07, 6.45) is 0. The van der Waals surface area contributed by atoms with Crippen LogP contribution in [0, 0.1) is 0 Å². The molecule has 78 valence electrons. The van der Waals surface area contributed by atoms with Gasteiger partial charge in [-0.15, -0.1) is 11.6 Å². The quantitative estimate of drug-likeness (QED) is 0.778. The van der Waals surface area contributed by atoms with Gasteiger partial charge < -0.3 is 4.74 Å². The SMILES string of the molecule is COc1ccc(S(=O)(=O)CCl)cc1Cl. The number of hydrogen-bond acceptors (Lipinski definition) is 3. The van der Waals surface area contributed by atoms with Crippen molar-refractivity contribution in [1.82, 2.24) is 0 Å². The van der Waals surface area contributed by atoms with Gasteiger partial charge in [0.2, 0.25) is 0 Å². The Labute approximate surface area is 92.5 Å². The average molecular weight is 255 g/mol. The van der Waals surface area contributed by atoms with Gasteiger partial charge in [-0.3, -0.25) is 0 Å². The van der Waals surface area contributed by atoms with E-state index in [4.69, 9.17) is 27.9 Å². The molecule has 0 fully saturated rings. The highest BCUT2D eigenvalue weighted by Gasteiger charge is 2.14. The van der Waals surface area contributed by atoms with Crippen LogP contribution in [0.2, 0.25) is 5.02 Å². The number of sulfone groups is 1. The van der Waals surface area contributed by atoms with E-state index in [1.165, 1.54) is 25.3 Å². The molecule has 0 aliphatic carbocycles. The summed E-state index contributed by atoms with van der Waals surface area (Å²) in [4.78, 5) is 0.0956. The van der Waals surface area contributed by atoms with Crippen LogP contribution < -0.4 is 4.74 Å². The van der Waals surface area contributed by atoms with Gasteiger partial charge in [-0.05, 0) is 18.2 Å². The molecule has 0 saturated carbocycles. The van der Waals surface area contributed by atoms with Crippen LogP contribution in [0.4, 0.5) is 0 Å². The first kappa shape index (κ1) is 11.6. The lowest BCUT2D eigenvalue weighted by Gasteiger charge is -2.05. The van der Waals surface area contributed by atoms with Crippen molar-refractivity contribution in [3.05, 3.63) is 23.2 Å². The molecule has 0 amide bonds. The van der Waals surface area contributed by atoms with Crippen LogP contribution in [0.15, 0.2) is 23.1 Å². The largest absolute Gasteiger partial charge is 0.495 e. The molecule has 0 saturated heterocycles. The molecule has 0 heterocycles. The van der Waals surface area contributed by atoms with Crippen LogP contribution in [-0.2, 0) is 9.84 Å². The molecule has 0 atom stereocenters. The normalized spacial score (nSPS) is 11.4. The topological polar surface area (TPSA) is 43.4 Å². The lowest BCUT2D eigenvalue weighted by molar-refractivity contribution is 0.414. The summed E-state index contributed by atoms with van der Waals surface area (Å²) in [7, 11) is -1.96.